The van der Waals surface area contributed by atoms with E-state index in [0.29, 0.717) is 4.77 Å². The lowest BCUT2D eigenvalue weighted by molar-refractivity contribution is 0.831. The number of nitrogens with one attached hydrogen (secondary N) is 3. The summed E-state index contributed by atoms with van der Waals surface area (Å²) in [6.45, 7) is 3.05. The smallest absolute Gasteiger partial charge is 0.200 e. The van der Waals surface area contributed by atoms with Crippen LogP contribution in [0.1, 0.15) is 19.8 Å². The number of hydrogen-bond donors (Lipinski definition) is 3. The molecule has 80 valence electrons. The first-order valence-electron chi connectivity index (χ1n) is 4.98. The Bertz CT molecular complexity index is 500. The van der Waals surface area contributed by atoms with E-state index < -0.39 is 0 Å². The van der Waals surface area contributed by atoms with Gasteiger partial charge in [0.1, 0.15) is 5.52 Å². The zero-order valence-electron chi connectivity index (χ0n) is 8.50. The van der Waals surface area contributed by atoms with Gasteiger partial charge in [0.15, 0.2) is 11.5 Å². The van der Waals surface area contributed by atoms with Gasteiger partial charge in [-0.2, -0.15) is 0 Å². The molecule has 5 nitrogen and oxygen atoms in total. The van der Waals surface area contributed by atoms with E-state index in [4.69, 9.17) is 12.2 Å². The number of hydrogen-bond acceptors (Lipinski definition) is 4. The van der Waals surface area contributed by atoms with E-state index in [1.165, 1.54) is 0 Å². The van der Waals surface area contributed by atoms with E-state index in [0.717, 1.165) is 36.4 Å². The minimum Gasteiger partial charge on any atom is -0.368 e. The summed E-state index contributed by atoms with van der Waals surface area (Å²) in [5.74, 6) is 0.778. The van der Waals surface area contributed by atoms with Crippen molar-refractivity contribution in [2.24, 2.45) is 0 Å². The second-order valence-electron chi connectivity index (χ2n) is 3.30. The number of H-pyrrole nitrogens is 2. The van der Waals surface area contributed by atoms with Crippen LogP contribution >= 0.6 is 12.2 Å². The van der Waals surface area contributed by atoms with E-state index in [1.807, 2.05) is 0 Å². The van der Waals surface area contributed by atoms with Crippen molar-refractivity contribution in [3.8, 4) is 0 Å². The molecule has 6 heteroatoms. The summed E-state index contributed by atoms with van der Waals surface area (Å²) in [4.78, 5) is 14.3. The van der Waals surface area contributed by atoms with E-state index in [1.54, 1.807) is 6.33 Å². The molecule has 0 aromatic carbocycles. The lowest BCUT2D eigenvalue weighted by Crippen LogP contribution is -2.04. The maximum atomic E-state index is 5.01. The summed E-state index contributed by atoms with van der Waals surface area (Å²) in [5.41, 5.74) is 1.62. The third kappa shape index (κ3) is 2.15. The second kappa shape index (κ2) is 4.39. The molecule has 0 spiro atoms. The van der Waals surface area contributed by atoms with Crippen LogP contribution in [0.25, 0.3) is 11.2 Å². The van der Waals surface area contributed by atoms with Crippen molar-refractivity contribution < 1.29 is 0 Å². The molecule has 2 heterocycles. The van der Waals surface area contributed by atoms with Gasteiger partial charge in [0.2, 0.25) is 4.77 Å². The van der Waals surface area contributed by atoms with Crippen molar-refractivity contribution in [3.63, 3.8) is 0 Å². The van der Waals surface area contributed by atoms with Crippen molar-refractivity contribution in [1.29, 1.82) is 0 Å². The van der Waals surface area contributed by atoms with E-state index >= 15 is 0 Å². The Hall–Kier alpha value is -1.43. The molecule has 0 radical (unpaired) electrons. The van der Waals surface area contributed by atoms with Crippen LogP contribution in [0.2, 0.25) is 0 Å². The first-order chi connectivity index (χ1) is 7.31. The minimum absolute atomic E-state index is 0.452. The molecule has 3 N–H and O–H groups in total. The normalized spacial score (nSPS) is 10.7. The van der Waals surface area contributed by atoms with E-state index in [2.05, 4.69) is 32.2 Å². The Morgan fingerprint density at radius 3 is 3.20 bits per heavy atom. The van der Waals surface area contributed by atoms with Crippen molar-refractivity contribution in [2.45, 2.75) is 19.8 Å². The third-order valence-electron chi connectivity index (χ3n) is 2.14. The Morgan fingerprint density at radius 1 is 1.53 bits per heavy atom. The minimum atomic E-state index is 0.452. The molecule has 0 aliphatic rings. The Morgan fingerprint density at radius 2 is 2.40 bits per heavy atom. The molecule has 0 amide bonds. The molecule has 0 saturated heterocycles. The molecular formula is C9H13N5S. The Labute approximate surface area is 92.3 Å². The topological polar surface area (TPSA) is 69.4 Å². The SMILES string of the molecule is CCCCNc1nc(=S)[nH]c2nc[nH]c12. The first-order valence-corrected chi connectivity index (χ1v) is 5.39. The Balaban J connectivity index is 2.32. The Kier molecular flexibility index (Phi) is 2.96. The number of unbranched alkanes of at least 4 members (excludes halogenated alkanes) is 1. The molecular weight excluding hydrogens is 210 g/mol. The molecule has 0 fully saturated rings. The molecule has 2 aromatic heterocycles. The summed E-state index contributed by atoms with van der Waals surface area (Å²) < 4.78 is 0.452. The van der Waals surface area contributed by atoms with Crippen LogP contribution in [0.15, 0.2) is 6.33 Å². The van der Waals surface area contributed by atoms with Crippen LogP contribution in [-0.2, 0) is 0 Å². The van der Waals surface area contributed by atoms with Gasteiger partial charge in [0.05, 0.1) is 6.33 Å². The highest BCUT2D eigenvalue weighted by molar-refractivity contribution is 7.71. The lowest BCUT2D eigenvalue weighted by Gasteiger charge is -2.04. The number of aromatic nitrogens is 4. The molecule has 0 atom stereocenters. The monoisotopic (exact) mass is 223 g/mol. The van der Waals surface area contributed by atoms with Crippen molar-refractivity contribution in [2.75, 3.05) is 11.9 Å². The van der Waals surface area contributed by atoms with Gasteiger partial charge < -0.3 is 15.3 Å². The summed E-state index contributed by atoms with van der Waals surface area (Å²) in [6.07, 6.45) is 3.89. The molecule has 2 aromatic rings. The molecule has 0 saturated carbocycles. The van der Waals surface area contributed by atoms with Gasteiger partial charge in [0.25, 0.3) is 0 Å². The van der Waals surface area contributed by atoms with Gasteiger partial charge in [-0.05, 0) is 18.6 Å². The number of imidazole rings is 1. The van der Waals surface area contributed by atoms with Crippen molar-refractivity contribution >= 4 is 29.2 Å². The maximum Gasteiger partial charge on any atom is 0.200 e. The zero-order valence-corrected chi connectivity index (χ0v) is 9.32. The van der Waals surface area contributed by atoms with Crippen LogP contribution in [0.5, 0.6) is 0 Å². The summed E-state index contributed by atoms with van der Waals surface area (Å²) in [5, 5.41) is 3.25. The first kappa shape index (κ1) is 10.1. The van der Waals surface area contributed by atoms with Crippen LogP contribution in [-0.4, -0.2) is 26.5 Å². The standard InChI is InChI=1S/C9H13N5S/c1-2-3-4-10-7-6-8(12-5-11-6)14-9(15)13-7/h5H,2-4H2,1H3,(H3,10,11,12,13,14,15). The molecule has 0 aliphatic heterocycles. The van der Waals surface area contributed by atoms with Gasteiger partial charge >= 0.3 is 0 Å². The van der Waals surface area contributed by atoms with Gasteiger partial charge in [-0.25, -0.2) is 9.97 Å². The number of nitrogens with zero attached hydrogens (tertiary/aromatic N) is 2. The molecule has 0 unspecified atom stereocenters. The fraction of sp³-hybridized carbons (Fsp3) is 0.444. The number of rotatable bonds is 4. The molecule has 0 bridgehead atoms. The van der Waals surface area contributed by atoms with Crippen LogP contribution in [0.4, 0.5) is 5.82 Å². The number of anilines is 1. The average molecular weight is 223 g/mol. The zero-order chi connectivity index (χ0) is 10.7. The van der Waals surface area contributed by atoms with Crippen molar-refractivity contribution in [3.05, 3.63) is 11.1 Å². The highest BCUT2D eigenvalue weighted by atomic mass is 32.1. The molecule has 2 rings (SSSR count). The predicted octanol–water partition coefficient (Wildman–Crippen LogP) is 2.23. The maximum absolute atomic E-state index is 5.01. The van der Waals surface area contributed by atoms with Crippen LogP contribution in [0.3, 0.4) is 0 Å². The van der Waals surface area contributed by atoms with Crippen LogP contribution < -0.4 is 5.32 Å². The third-order valence-corrected chi connectivity index (χ3v) is 2.33. The van der Waals surface area contributed by atoms with Gasteiger partial charge in [-0.3, -0.25) is 0 Å². The summed E-state index contributed by atoms with van der Waals surface area (Å²) in [6, 6.07) is 0. The highest BCUT2D eigenvalue weighted by Gasteiger charge is 2.04. The fourth-order valence-corrected chi connectivity index (χ4v) is 1.56. The second-order valence-corrected chi connectivity index (χ2v) is 3.68. The van der Waals surface area contributed by atoms with Crippen molar-refractivity contribution in [1.82, 2.24) is 19.9 Å². The molecule has 0 aliphatic carbocycles. The van der Waals surface area contributed by atoms with E-state index in [9.17, 15) is 0 Å². The number of fused-ring (bicyclic) bond motifs is 1. The van der Waals surface area contributed by atoms with Gasteiger partial charge in [-0.1, -0.05) is 13.3 Å². The molecule has 15 heavy (non-hydrogen) atoms. The van der Waals surface area contributed by atoms with Gasteiger partial charge in [0, 0.05) is 6.54 Å². The van der Waals surface area contributed by atoms with Gasteiger partial charge in [-0.15, -0.1) is 0 Å². The number of aromatic amines is 2. The van der Waals surface area contributed by atoms with Crippen LogP contribution in [0, 0.1) is 4.77 Å². The lowest BCUT2D eigenvalue weighted by atomic mass is 10.3. The van der Waals surface area contributed by atoms with E-state index in [-0.39, 0.29) is 0 Å². The summed E-state index contributed by atoms with van der Waals surface area (Å²) >= 11 is 5.01. The highest BCUT2D eigenvalue weighted by Crippen LogP contribution is 2.14. The summed E-state index contributed by atoms with van der Waals surface area (Å²) in [7, 11) is 0. The quantitative estimate of drug-likeness (QED) is 0.549. The predicted molar refractivity (Wildman–Crippen MR) is 62.5 cm³/mol. The largest absolute Gasteiger partial charge is 0.368 e. The average Bonchev–Trinajstić information content (AvgIpc) is 2.65. The fourth-order valence-electron chi connectivity index (χ4n) is 1.37.